The number of rotatable bonds is 6. The van der Waals surface area contributed by atoms with Crippen molar-refractivity contribution in [1.29, 1.82) is 5.26 Å². The van der Waals surface area contributed by atoms with Crippen molar-refractivity contribution in [2.45, 2.75) is 62.6 Å². The first-order valence-corrected chi connectivity index (χ1v) is 10.8. The quantitative estimate of drug-likeness (QED) is 0.551. The lowest BCUT2D eigenvalue weighted by molar-refractivity contribution is -0.116. The Morgan fingerprint density at radius 1 is 1.34 bits per heavy atom. The van der Waals surface area contributed by atoms with Gasteiger partial charge in [-0.25, -0.2) is 0 Å². The molecule has 2 N–H and O–H groups in total. The molecule has 0 bridgehead atoms. The van der Waals surface area contributed by atoms with Crippen LogP contribution in [0.2, 0.25) is 0 Å². The minimum absolute atomic E-state index is 0.0515. The normalized spacial score (nSPS) is 22.5. The lowest BCUT2D eigenvalue weighted by Gasteiger charge is -2.26. The molecular formula is C21H25N3O4S. The van der Waals surface area contributed by atoms with Crippen molar-refractivity contribution >= 4 is 32.5 Å². The summed E-state index contributed by atoms with van der Waals surface area (Å²) in [5.74, 6) is -0.218. The second-order valence-electron chi connectivity index (χ2n) is 8.30. The lowest BCUT2D eigenvalue weighted by atomic mass is 9.96. The van der Waals surface area contributed by atoms with Crippen molar-refractivity contribution < 1.29 is 17.8 Å². The number of carbonyl (C=O) groups is 1. The van der Waals surface area contributed by atoms with Crippen molar-refractivity contribution in [3.63, 3.8) is 0 Å². The molecular weight excluding hydrogens is 390 g/mol. The molecule has 3 atom stereocenters. The van der Waals surface area contributed by atoms with Crippen LogP contribution < -0.4 is 5.32 Å². The molecule has 1 aliphatic rings. The molecule has 0 spiro atoms. The third-order valence-electron chi connectivity index (χ3n) is 5.98. The second-order valence-corrected chi connectivity index (χ2v) is 9.69. The van der Waals surface area contributed by atoms with E-state index in [0.29, 0.717) is 22.9 Å². The van der Waals surface area contributed by atoms with Gasteiger partial charge in [0.1, 0.15) is 10.4 Å². The average molecular weight is 416 g/mol. The first-order valence-electron chi connectivity index (χ1n) is 9.41. The number of carbonyl (C=O) groups excluding carboxylic acids is 1. The first kappa shape index (κ1) is 21.2. The van der Waals surface area contributed by atoms with Crippen LogP contribution in [0.15, 0.2) is 41.3 Å². The molecule has 0 aliphatic carbocycles. The molecule has 3 rings (SSSR count). The average Bonchev–Trinajstić information content (AvgIpc) is 3.16. The van der Waals surface area contributed by atoms with Crippen LogP contribution >= 0.6 is 0 Å². The Labute approximate surface area is 171 Å². The molecule has 3 unspecified atom stereocenters. The number of hydrogen-bond donors (Lipinski definition) is 2. The van der Waals surface area contributed by atoms with Crippen LogP contribution in [-0.4, -0.2) is 40.9 Å². The fourth-order valence-corrected chi connectivity index (χ4v) is 4.83. The summed E-state index contributed by atoms with van der Waals surface area (Å²) in [4.78, 5) is 14.4. The molecule has 154 valence electrons. The van der Waals surface area contributed by atoms with Crippen LogP contribution in [0.5, 0.6) is 0 Å². The number of benzene rings is 2. The van der Waals surface area contributed by atoms with E-state index in [1.165, 1.54) is 12.1 Å². The van der Waals surface area contributed by atoms with Gasteiger partial charge in [0.2, 0.25) is 5.91 Å². The zero-order valence-electron chi connectivity index (χ0n) is 16.9. The molecule has 1 aliphatic heterocycles. The van der Waals surface area contributed by atoms with E-state index in [-0.39, 0.29) is 28.8 Å². The van der Waals surface area contributed by atoms with E-state index in [2.05, 4.69) is 37.1 Å². The van der Waals surface area contributed by atoms with Gasteiger partial charge in [0.15, 0.2) is 0 Å². The van der Waals surface area contributed by atoms with Crippen LogP contribution in [-0.2, 0) is 14.9 Å². The van der Waals surface area contributed by atoms with Gasteiger partial charge < -0.3 is 5.32 Å². The van der Waals surface area contributed by atoms with Crippen LogP contribution in [0, 0.1) is 11.3 Å². The van der Waals surface area contributed by atoms with Crippen LogP contribution in [0.4, 0.5) is 5.69 Å². The van der Waals surface area contributed by atoms with E-state index in [1.54, 1.807) is 24.3 Å². The Bertz CT molecular complexity index is 1120. The summed E-state index contributed by atoms with van der Waals surface area (Å²) in [6.07, 6.45) is 0.593. The Hall–Kier alpha value is -2.47. The molecule has 2 aromatic carbocycles. The summed E-state index contributed by atoms with van der Waals surface area (Å²) in [5, 5.41) is 13.4. The highest BCUT2D eigenvalue weighted by molar-refractivity contribution is 7.86. The smallest absolute Gasteiger partial charge is 0.295 e. The summed E-state index contributed by atoms with van der Waals surface area (Å²) in [6, 6.07) is 12.0. The Morgan fingerprint density at radius 3 is 2.55 bits per heavy atom. The molecule has 1 saturated heterocycles. The van der Waals surface area contributed by atoms with Gasteiger partial charge in [-0.1, -0.05) is 18.2 Å². The van der Waals surface area contributed by atoms with E-state index in [9.17, 15) is 23.0 Å². The Kier molecular flexibility index (Phi) is 5.20. The van der Waals surface area contributed by atoms with Crippen LogP contribution in [0.3, 0.4) is 0 Å². The molecule has 1 fully saturated rings. The predicted molar refractivity (Wildman–Crippen MR) is 111 cm³/mol. The van der Waals surface area contributed by atoms with E-state index < -0.39 is 15.7 Å². The molecule has 2 aromatic rings. The number of hydrogen-bond acceptors (Lipinski definition) is 5. The van der Waals surface area contributed by atoms with Crippen LogP contribution in [0.1, 0.15) is 40.5 Å². The van der Waals surface area contributed by atoms with Gasteiger partial charge in [0.05, 0.1) is 6.07 Å². The Balaban J connectivity index is 1.71. The molecule has 0 aromatic heterocycles. The Morgan fingerprint density at radius 2 is 2.00 bits per heavy atom. The van der Waals surface area contributed by atoms with Crippen molar-refractivity contribution in [3.05, 3.63) is 36.4 Å². The molecule has 0 saturated carbocycles. The summed E-state index contributed by atoms with van der Waals surface area (Å²) in [5.41, 5.74) is -0.244. The minimum atomic E-state index is -4.33. The van der Waals surface area contributed by atoms with Gasteiger partial charge in [0.25, 0.3) is 10.1 Å². The number of nitrogens with zero attached hydrogens (tertiary/aromatic N) is 2. The third-order valence-corrected chi connectivity index (χ3v) is 6.89. The zero-order chi connectivity index (χ0) is 21.6. The van der Waals surface area contributed by atoms with Crippen molar-refractivity contribution in [2.24, 2.45) is 0 Å². The van der Waals surface area contributed by atoms with E-state index >= 15 is 0 Å². The predicted octanol–water partition coefficient (Wildman–Crippen LogP) is 3.57. The van der Waals surface area contributed by atoms with E-state index in [0.717, 1.165) is 0 Å². The van der Waals surface area contributed by atoms with Gasteiger partial charge in [-0.3, -0.25) is 14.2 Å². The highest BCUT2D eigenvalue weighted by Crippen LogP contribution is 2.47. The van der Waals surface area contributed by atoms with Crippen molar-refractivity contribution in [2.75, 3.05) is 5.32 Å². The van der Waals surface area contributed by atoms with E-state index in [4.69, 9.17) is 0 Å². The highest BCUT2D eigenvalue weighted by Gasteiger charge is 2.60. The number of nitriles is 1. The molecule has 29 heavy (non-hydrogen) atoms. The molecule has 7 nitrogen and oxygen atoms in total. The van der Waals surface area contributed by atoms with Crippen molar-refractivity contribution in [1.82, 2.24) is 4.90 Å². The zero-order valence-corrected chi connectivity index (χ0v) is 17.7. The second kappa shape index (κ2) is 7.10. The number of nitrogens with one attached hydrogen (secondary N) is 1. The fourth-order valence-electron chi connectivity index (χ4n) is 4.12. The highest BCUT2D eigenvalue weighted by atomic mass is 32.2. The standard InChI is InChI=1S/C21H25N3O4S/c1-14-20(2,3)24(14)21(4,13-22)11-10-19(25)23-16-8-9-17-15(12-16)6-5-7-18(17)29(26,27)28/h5-9,12,14H,10-11H2,1-4H3,(H,23,25)(H,26,27,28). The molecule has 1 heterocycles. The summed E-state index contributed by atoms with van der Waals surface area (Å²) < 4.78 is 32.4. The van der Waals surface area contributed by atoms with Gasteiger partial charge in [-0.15, -0.1) is 0 Å². The summed E-state index contributed by atoms with van der Waals surface area (Å²) in [7, 11) is -4.33. The number of anilines is 1. The van der Waals surface area contributed by atoms with Gasteiger partial charge in [0, 0.05) is 29.1 Å². The molecule has 8 heteroatoms. The monoisotopic (exact) mass is 415 g/mol. The van der Waals surface area contributed by atoms with Gasteiger partial charge in [-0.2, -0.15) is 13.7 Å². The number of fused-ring (bicyclic) bond motifs is 1. The maximum Gasteiger partial charge on any atom is 0.295 e. The van der Waals surface area contributed by atoms with E-state index in [1.807, 2.05) is 6.92 Å². The number of amides is 1. The largest absolute Gasteiger partial charge is 0.326 e. The van der Waals surface area contributed by atoms with Crippen LogP contribution in [0.25, 0.3) is 10.8 Å². The SMILES string of the molecule is CC1N(C(C)(C#N)CCC(=O)Nc2ccc3c(S(=O)(=O)O)cccc3c2)C1(C)C. The molecule has 0 radical (unpaired) electrons. The maximum atomic E-state index is 12.4. The fraction of sp³-hybridized carbons (Fsp3) is 0.429. The van der Waals surface area contributed by atoms with Gasteiger partial charge in [-0.05, 0) is 57.7 Å². The summed E-state index contributed by atoms with van der Waals surface area (Å²) >= 11 is 0. The summed E-state index contributed by atoms with van der Waals surface area (Å²) in [6.45, 7) is 8.11. The lowest BCUT2D eigenvalue weighted by Crippen LogP contribution is -2.37. The molecule has 1 amide bonds. The van der Waals surface area contributed by atoms with Gasteiger partial charge >= 0.3 is 0 Å². The third kappa shape index (κ3) is 3.99. The maximum absolute atomic E-state index is 12.4. The first-order chi connectivity index (χ1) is 13.4. The topological polar surface area (TPSA) is 110 Å². The minimum Gasteiger partial charge on any atom is -0.326 e. The van der Waals surface area contributed by atoms with Crippen molar-refractivity contribution in [3.8, 4) is 6.07 Å².